The summed E-state index contributed by atoms with van der Waals surface area (Å²) >= 11 is 0. The lowest BCUT2D eigenvalue weighted by molar-refractivity contribution is -0.146. The summed E-state index contributed by atoms with van der Waals surface area (Å²) in [6.45, 7) is 5.34. The molecule has 5 nitrogen and oxygen atoms in total. The second kappa shape index (κ2) is 12.0. The van der Waals surface area contributed by atoms with Crippen molar-refractivity contribution in [1.82, 2.24) is 4.90 Å². The van der Waals surface area contributed by atoms with E-state index in [1.807, 2.05) is 55.5 Å². The first kappa shape index (κ1) is 22.6. The zero-order valence-electron chi connectivity index (χ0n) is 17.3. The van der Waals surface area contributed by atoms with Gasteiger partial charge in [-0.1, -0.05) is 67.6 Å². The summed E-state index contributed by atoms with van der Waals surface area (Å²) in [6, 6.07) is 19.8. The Hall–Kier alpha value is -2.66. The standard InChI is InChI=1S/C24H31NO4/c1-3-21(15-16-23(26)27)25(17-19-11-7-5-8-12-19)18-22(24(28)29-4-2)20-13-9-6-10-14-20/h5-14,21-22H,3-4,15-18H2,1-2H3,(H,26,27). The second-order valence-electron chi connectivity index (χ2n) is 7.12. The van der Waals surface area contributed by atoms with Crippen LogP contribution in [0, 0.1) is 0 Å². The van der Waals surface area contributed by atoms with Crippen molar-refractivity contribution >= 4 is 11.9 Å². The van der Waals surface area contributed by atoms with Gasteiger partial charge in [-0.3, -0.25) is 14.5 Å². The molecule has 0 bridgehead atoms. The van der Waals surface area contributed by atoms with E-state index in [-0.39, 0.29) is 18.4 Å². The highest BCUT2D eigenvalue weighted by Gasteiger charge is 2.28. The Morgan fingerprint density at radius 3 is 2.17 bits per heavy atom. The Balaban J connectivity index is 2.30. The van der Waals surface area contributed by atoms with Crippen LogP contribution in [0.4, 0.5) is 0 Å². The Kier molecular flexibility index (Phi) is 9.38. The van der Waals surface area contributed by atoms with Crippen molar-refractivity contribution in [3.63, 3.8) is 0 Å². The van der Waals surface area contributed by atoms with Gasteiger partial charge in [-0.05, 0) is 30.9 Å². The van der Waals surface area contributed by atoms with Gasteiger partial charge in [-0.25, -0.2) is 0 Å². The molecule has 0 aliphatic heterocycles. The third kappa shape index (κ3) is 7.35. The minimum absolute atomic E-state index is 0.0620. The highest BCUT2D eigenvalue weighted by atomic mass is 16.5. The molecule has 2 unspecified atom stereocenters. The molecule has 0 radical (unpaired) electrons. The van der Waals surface area contributed by atoms with E-state index in [0.29, 0.717) is 26.1 Å². The number of rotatable bonds is 12. The van der Waals surface area contributed by atoms with Crippen molar-refractivity contribution < 1.29 is 19.4 Å². The van der Waals surface area contributed by atoms with Crippen LogP contribution in [-0.4, -0.2) is 41.1 Å². The van der Waals surface area contributed by atoms with Gasteiger partial charge in [0.05, 0.1) is 12.5 Å². The fourth-order valence-electron chi connectivity index (χ4n) is 3.57. The molecular formula is C24H31NO4. The highest BCUT2D eigenvalue weighted by Crippen LogP contribution is 2.24. The smallest absolute Gasteiger partial charge is 0.314 e. The van der Waals surface area contributed by atoms with E-state index in [1.165, 1.54) is 0 Å². The van der Waals surface area contributed by atoms with Crippen LogP contribution in [0.15, 0.2) is 60.7 Å². The summed E-state index contributed by atoms with van der Waals surface area (Å²) in [7, 11) is 0. The molecule has 0 spiro atoms. The molecule has 0 aliphatic rings. The lowest BCUT2D eigenvalue weighted by Crippen LogP contribution is -2.40. The van der Waals surface area contributed by atoms with Crippen LogP contribution >= 0.6 is 0 Å². The number of hydrogen-bond donors (Lipinski definition) is 1. The molecule has 2 aromatic carbocycles. The molecule has 0 aromatic heterocycles. The molecule has 0 saturated carbocycles. The van der Waals surface area contributed by atoms with E-state index in [1.54, 1.807) is 0 Å². The summed E-state index contributed by atoms with van der Waals surface area (Å²) < 4.78 is 5.36. The number of nitrogens with zero attached hydrogens (tertiary/aromatic N) is 1. The maximum atomic E-state index is 12.8. The first-order valence-corrected chi connectivity index (χ1v) is 10.3. The molecule has 2 atom stereocenters. The van der Waals surface area contributed by atoms with Crippen molar-refractivity contribution in [2.45, 2.75) is 51.6 Å². The van der Waals surface area contributed by atoms with E-state index in [4.69, 9.17) is 9.84 Å². The second-order valence-corrected chi connectivity index (χ2v) is 7.12. The summed E-state index contributed by atoms with van der Waals surface area (Å²) in [5.74, 6) is -1.46. The number of carbonyl (C=O) groups excluding carboxylic acids is 1. The first-order valence-electron chi connectivity index (χ1n) is 10.3. The number of carboxylic acids is 1. The normalized spacial score (nSPS) is 13.1. The lowest BCUT2D eigenvalue weighted by Gasteiger charge is -2.33. The van der Waals surface area contributed by atoms with Crippen molar-refractivity contribution in [3.8, 4) is 0 Å². The number of hydrogen-bond acceptors (Lipinski definition) is 4. The van der Waals surface area contributed by atoms with Gasteiger partial charge in [0, 0.05) is 25.6 Å². The summed E-state index contributed by atoms with van der Waals surface area (Å²) in [4.78, 5) is 26.1. The van der Waals surface area contributed by atoms with Crippen LogP contribution in [0.25, 0.3) is 0 Å². The van der Waals surface area contributed by atoms with Crippen molar-refractivity contribution in [2.75, 3.05) is 13.2 Å². The summed E-state index contributed by atoms with van der Waals surface area (Å²) in [6.07, 6.45) is 1.46. The van der Waals surface area contributed by atoms with Crippen molar-refractivity contribution in [1.29, 1.82) is 0 Å². The molecule has 0 saturated heterocycles. The van der Waals surface area contributed by atoms with E-state index in [9.17, 15) is 9.59 Å². The van der Waals surface area contributed by atoms with E-state index < -0.39 is 11.9 Å². The van der Waals surface area contributed by atoms with Gasteiger partial charge in [-0.15, -0.1) is 0 Å². The predicted octanol–water partition coefficient (Wildman–Crippen LogP) is 4.48. The van der Waals surface area contributed by atoms with Gasteiger partial charge in [0.2, 0.25) is 0 Å². The third-order valence-corrected chi connectivity index (χ3v) is 5.10. The number of aliphatic carboxylic acids is 1. The number of ether oxygens (including phenoxy) is 1. The maximum Gasteiger partial charge on any atom is 0.314 e. The molecule has 0 aliphatic carbocycles. The molecule has 156 valence electrons. The van der Waals surface area contributed by atoms with Gasteiger partial charge in [0.15, 0.2) is 0 Å². The zero-order chi connectivity index (χ0) is 21.1. The summed E-state index contributed by atoms with van der Waals surface area (Å²) in [5, 5.41) is 9.15. The van der Waals surface area contributed by atoms with Crippen LogP contribution in [0.1, 0.15) is 50.2 Å². The van der Waals surface area contributed by atoms with Gasteiger partial charge >= 0.3 is 11.9 Å². The first-order chi connectivity index (χ1) is 14.0. The van der Waals surface area contributed by atoms with Crippen LogP contribution in [0.2, 0.25) is 0 Å². The number of carbonyl (C=O) groups is 2. The monoisotopic (exact) mass is 397 g/mol. The highest BCUT2D eigenvalue weighted by molar-refractivity contribution is 5.78. The average Bonchev–Trinajstić information content (AvgIpc) is 2.73. The summed E-state index contributed by atoms with van der Waals surface area (Å²) in [5.41, 5.74) is 2.05. The maximum absolute atomic E-state index is 12.8. The molecule has 2 aromatic rings. The SMILES string of the molecule is CCOC(=O)C(CN(Cc1ccccc1)C(CC)CCC(=O)O)c1ccccc1. The Bertz CT molecular complexity index is 748. The van der Waals surface area contributed by atoms with Crippen LogP contribution < -0.4 is 0 Å². The van der Waals surface area contributed by atoms with E-state index in [2.05, 4.69) is 24.0 Å². The number of esters is 1. The minimum Gasteiger partial charge on any atom is -0.481 e. The number of carboxylic acid groups (broad SMARTS) is 1. The van der Waals surface area contributed by atoms with Gasteiger partial charge < -0.3 is 9.84 Å². The molecule has 0 amide bonds. The molecule has 0 fully saturated rings. The van der Waals surface area contributed by atoms with Crippen LogP contribution in [-0.2, 0) is 20.9 Å². The Morgan fingerprint density at radius 1 is 1.00 bits per heavy atom. The minimum atomic E-state index is -0.798. The van der Waals surface area contributed by atoms with Gasteiger partial charge in [0.1, 0.15) is 0 Å². The van der Waals surface area contributed by atoms with Crippen molar-refractivity contribution in [3.05, 3.63) is 71.8 Å². The largest absolute Gasteiger partial charge is 0.481 e. The lowest BCUT2D eigenvalue weighted by atomic mass is 9.96. The van der Waals surface area contributed by atoms with E-state index in [0.717, 1.165) is 17.5 Å². The molecule has 2 rings (SSSR count). The van der Waals surface area contributed by atoms with Crippen LogP contribution in [0.3, 0.4) is 0 Å². The molecule has 1 N–H and O–H groups in total. The predicted molar refractivity (Wildman–Crippen MR) is 114 cm³/mol. The Morgan fingerprint density at radius 2 is 1.62 bits per heavy atom. The average molecular weight is 398 g/mol. The number of benzene rings is 2. The fourth-order valence-corrected chi connectivity index (χ4v) is 3.57. The third-order valence-electron chi connectivity index (χ3n) is 5.10. The Labute approximate surface area is 173 Å². The van der Waals surface area contributed by atoms with Gasteiger partial charge in [-0.2, -0.15) is 0 Å². The quantitative estimate of drug-likeness (QED) is 0.535. The topological polar surface area (TPSA) is 66.8 Å². The van der Waals surface area contributed by atoms with Crippen LogP contribution in [0.5, 0.6) is 0 Å². The van der Waals surface area contributed by atoms with Gasteiger partial charge in [0.25, 0.3) is 0 Å². The zero-order valence-corrected chi connectivity index (χ0v) is 17.3. The fraction of sp³-hybridized carbons (Fsp3) is 0.417. The molecule has 0 heterocycles. The molecule has 5 heteroatoms. The molecule has 29 heavy (non-hydrogen) atoms. The van der Waals surface area contributed by atoms with E-state index >= 15 is 0 Å². The van der Waals surface area contributed by atoms with Crippen molar-refractivity contribution in [2.24, 2.45) is 0 Å². The molecular weight excluding hydrogens is 366 g/mol.